The van der Waals surface area contributed by atoms with Gasteiger partial charge in [-0.15, -0.1) is 0 Å². The Morgan fingerprint density at radius 1 is 1.06 bits per heavy atom. The molecule has 3 aromatic rings. The molecule has 8 nitrogen and oxygen atoms in total. The van der Waals surface area contributed by atoms with E-state index >= 15 is 0 Å². The maximum absolute atomic E-state index is 12.5. The molecular formula is C24H29N3O5S. The van der Waals surface area contributed by atoms with Crippen LogP contribution in [0, 0.1) is 0 Å². The number of hydrogen-bond donors (Lipinski definition) is 2. The fourth-order valence-electron chi connectivity index (χ4n) is 3.72. The second-order valence-electron chi connectivity index (χ2n) is 8.88. The van der Waals surface area contributed by atoms with Gasteiger partial charge in [0.2, 0.25) is 10.0 Å². The van der Waals surface area contributed by atoms with Crippen LogP contribution < -0.4 is 20.7 Å². The summed E-state index contributed by atoms with van der Waals surface area (Å²) in [4.78, 5) is 26.4. The normalized spacial score (nSPS) is 12.0. The molecular weight excluding hydrogens is 442 g/mol. The van der Waals surface area contributed by atoms with Crippen molar-refractivity contribution in [1.82, 2.24) is 14.3 Å². The van der Waals surface area contributed by atoms with Gasteiger partial charge in [-0.05, 0) is 35.1 Å². The fourth-order valence-corrected chi connectivity index (χ4v) is 4.20. The molecule has 2 aromatic carbocycles. The van der Waals surface area contributed by atoms with Gasteiger partial charge in [-0.2, -0.15) is 0 Å². The summed E-state index contributed by atoms with van der Waals surface area (Å²) >= 11 is 0. The van der Waals surface area contributed by atoms with Crippen LogP contribution in [-0.4, -0.2) is 37.9 Å². The predicted octanol–water partition coefficient (Wildman–Crippen LogP) is 2.59. The standard InChI is InChI=1S/C24H29N3O5S/c1-24(2,3)20-15-17(27-13-11-21(28)26-23(27)29)14-19(22(20)32-4)18-9-7-6-8-16(18)10-12-25-33(5,30)31/h6-9,11,13-15,25H,10,12H2,1-5H3,(H,26,28,29). The van der Waals surface area contributed by atoms with Crippen molar-refractivity contribution < 1.29 is 13.2 Å². The van der Waals surface area contributed by atoms with E-state index in [-0.39, 0.29) is 12.0 Å². The average molecular weight is 472 g/mol. The van der Waals surface area contributed by atoms with Crippen LogP contribution in [0.3, 0.4) is 0 Å². The summed E-state index contributed by atoms with van der Waals surface area (Å²) in [5.74, 6) is 0.673. The number of nitrogens with zero attached hydrogens (tertiary/aromatic N) is 1. The molecule has 0 bridgehead atoms. The van der Waals surface area contributed by atoms with Crippen LogP contribution in [0.5, 0.6) is 5.75 Å². The smallest absolute Gasteiger partial charge is 0.332 e. The van der Waals surface area contributed by atoms with Crippen molar-refractivity contribution in [2.75, 3.05) is 19.9 Å². The number of methoxy groups -OCH3 is 1. The van der Waals surface area contributed by atoms with E-state index in [0.29, 0.717) is 17.9 Å². The van der Waals surface area contributed by atoms with E-state index < -0.39 is 21.3 Å². The summed E-state index contributed by atoms with van der Waals surface area (Å²) in [7, 11) is -1.70. The largest absolute Gasteiger partial charge is 0.496 e. The second-order valence-corrected chi connectivity index (χ2v) is 10.7. The molecule has 0 aliphatic carbocycles. The van der Waals surface area contributed by atoms with Gasteiger partial charge in [0, 0.05) is 29.9 Å². The summed E-state index contributed by atoms with van der Waals surface area (Å²) in [5.41, 5.74) is 2.73. The van der Waals surface area contributed by atoms with Gasteiger partial charge in [-0.25, -0.2) is 17.9 Å². The lowest BCUT2D eigenvalue weighted by atomic mass is 9.83. The Bertz CT molecular complexity index is 1380. The van der Waals surface area contributed by atoms with Gasteiger partial charge in [0.25, 0.3) is 5.56 Å². The van der Waals surface area contributed by atoms with Crippen molar-refractivity contribution in [2.45, 2.75) is 32.6 Å². The molecule has 0 spiro atoms. The van der Waals surface area contributed by atoms with Crippen LogP contribution in [0.4, 0.5) is 0 Å². The molecule has 0 fully saturated rings. The molecule has 1 heterocycles. The molecule has 0 saturated carbocycles. The number of H-pyrrole nitrogens is 1. The number of aromatic amines is 1. The molecule has 0 aliphatic rings. The van der Waals surface area contributed by atoms with Gasteiger partial charge in [-0.3, -0.25) is 14.3 Å². The van der Waals surface area contributed by atoms with Gasteiger partial charge in [0.05, 0.1) is 19.1 Å². The Balaban J connectivity index is 2.25. The molecule has 0 radical (unpaired) electrons. The molecule has 3 rings (SSSR count). The molecule has 2 N–H and O–H groups in total. The van der Waals surface area contributed by atoms with Crippen molar-refractivity contribution in [3.8, 4) is 22.6 Å². The summed E-state index contributed by atoms with van der Waals surface area (Å²) < 4.78 is 32.8. The van der Waals surface area contributed by atoms with E-state index in [0.717, 1.165) is 28.5 Å². The van der Waals surface area contributed by atoms with E-state index in [9.17, 15) is 18.0 Å². The first-order valence-electron chi connectivity index (χ1n) is 10.5. The molecule has 1 aromatic heterocycles. The van der Waals surface area contributed by atoms with E-state index in [1.54, 1.807) is 7.11 Å². The molecule has 176 valence electrons. The average Bonchev–Trinajstić information content (AvgIpc) is 2.71. The monoisotopic (exact) mass is 471 g/mol. The summed E-state index contributed by atoms with van der Waals surface area (Å²) in [6.45, 7) is 6.41. The summed E-state index contributed by atoms with van der Waals surface area (Å²) in [5, 5.41) is 0. The number of benzene rings is 2. The molecule has 0 saturated heterocycles. The minimum absolute atomic E-state index is 0.253. The van der Waals surface area contributed by atoms with Gasteiger partial charge in [-0.1, -0.05) is 45.0 Å². The minimum Gasteiger partial charge on any atom is -0.496 e. The lowest BCUT2D eigenvalue weighted by Crippen LogP contribution is -2.28. The second kappa shape index (κ2) is 9.36. The Kier molecular flexibility index (Phi) is 6.94. The van der Waals surface area contributed by atoms with Crippen molar-refractivity contribution in [2.24, 2.45) is 0 Å². The molecule has 33 heavy (non-hydrogen) atoms. The summed E-state index contributed by atoms with van der Waals surface area (Å²) in [6.07, 6.45) is 3.05. The van der Waals surface area contributed by atoms with Crippen molar-refractivity contribution in [3.63, 3.8) is 0 Å². The first-order valence-corrected chi connectivity index (χ1v) is 12.4. The molecule has 0 unspecified atom stereocenters. The predicted molar refractivity (Wildman–Crippen MR) is 130 cm³/mol. The minimum atomic E-state index is -3.30. The van der Waals surface area contributed by atoms with Gasteiger partial charge in [0.1, 0.15) is 5.75 Å². The van der Waals surface area contributed by atoms with E-state index in [1.165, 1.54) is 16.8 Å². The highest BCUT2D eigenvalue weighted by Gasteiger charge is 2.24. The number of sulfonamides is 1. The first kappa shape index (κ1) is 24.5. The van der Waals surface area contributed by atoms with Crippen molar-refractivity contribution in [3.05, 3.63) is 80.6 Å². The third-order valence-corrected chi connectivity index (χ3v) is 5.98. The van der Waals surface area contributed by atoms with Gasteiger partial charge >= 0.3 is 5.69 Å². The third kappa shape index (κ3) is 5.80. The van der Waals surface area contributed by atoms with Crippen molar-refractivity contribution in [1.29, 1.82) is 0 Å². The maximum atomic E-state index is 12.5. The summed E-state index contributed by atoms with van der Waals surface area (Å²) in [6, 6.07) is 12.7. The Hall–Kier alpha value is -3.17. The molecule has 9 heteroatoms. The zero-order valence-corrected chi connectivity index (χ0v) is 20.2. The highest BCUT2D eigenvalue weighted by Crippen LogP contribution is 2.42. The number of hydrogen-bond acceptors (Lipinski definition) is 5. The Morgan fingerprint density at radius 2 is 1.76 bits per heavy atom. The Morgan fingerprint density at radius 3 is 2.36 bits per heavy atom. The van der Waals surface area contributed by atoms with E-state index in [4.69, 9.17) is 4.74 Å². The molecule has 0 aliphatic heterocycles. The lowest BCUT2D eigenvalue weighted by molar-refractivity contribution is 0.399. The fraction of sp³-hybridized carbons (Fsp3) is 0.333. The lowest BCUT2D eigenvalue weighted by Gasteiger charge is -2.26. The van der Waals surface area contributed by atoms with Crippen molar-refractivity contribution >= 4 is 10.0 Å². The SMILES string of the molecule is COc1c(-c2ccccc2CCNS(C)(=O)=O)cc(-n2ccc(=O)[nH]c2=O)cc1C(C)(C)C. The van der Waals surface area contributed by atoms with Crippen LogP contribution >= 0.6 is 0 Å². The van der Waals surface area contributed by atoms with Gasteiger partial charge in [0.15, 0.2) is 0 Å². The first-order chi connectivity index (χ1) is 15.4. The third-order valence-electron chi connectivity index (χ3n) is 5.25. The highest BCUT2D eigenvalue weighted by molar-refractivity contribution is 7.88. The van der Waals surface area contributed by atoms with Gasteiger partial charge < -0.3 is 4.74 Å². The van der Waals surface area contributed by atoms with Crippen LogP contribution in [0.15, 0.2) is 58.3 Å². The number of nitrogens with one attached hydrogen (secondary N) is 2. The zero-order valence-electron chi connectivity index (χ0n) is 19.4. The van der Waals surface area contributed by atoms with E-state index in [1.807, 2.05) is 36.4 Å². The zero-order chi connectivity index (χ0) is 24.4. The van der Waals surface area contributed by atoms with E-state index in [2.05, 4.69) is 30.5 Å². The quantitative estimate of drug-likeness (QED) is 0.550. The van der Waals surface area contributed by atoms with Crippen LogP contribution in [0.25, 0.3) is 16.8 Å². The van der Waals surface area contributed by atoms with Crippen LogP contribution in [0.2, 0.25) is 0 Å². The van der Waals surface area contributed by atoms with Crippen LogP contribution in [-0.2, 0) is 21.9 Å². The number of rotatable bonds is 7. The Labute approximate surface area is 193 Å². The maximum Gasteiger partial charge on any atom is 0.332 e. The molecule has 0 amide bonds. The van der Waals surface area contributed by atoms with Crippen LogP contribution in [0.1, 0.15) is 31.9 Å². The number of ether oxygens (including phenoxy) is 1. The number of aromatic nitrogens is 2. The molecule has 0 atom stereocenters. The topological polar surface area (TPSA) is 110 Å². The highest BCUT2D eigenvalue weighted by atomic mass is 32.2.